The standard InChI is InChI=1S/C14H14FNOS/c1-9-7-8-13(18-9)10(2)16-14(17)11-5-3-4-6-12(11)15/h3-8,10H,1-2H3,(H,16,17). The van der Waals surface area contributed by atoms with Crippen molar-refractivity contribution < 1.29 is 9.18 Å². The van der Waals surface area contributed by atoms with Gasteiger partial charge in [0.1, 0.15) is 5.82 Å². The van der Waals surface area contributed by atoms with E-state index in [2.05, 4.69) is 5.32 Å². The first-order valence-corrected chi connectivity index (χ1v) is 6.51. The van der Waals surface area contributed by atoms with Crippen LogP contribution in [-0.4, -0.2) is 5.91 Å². The minimum Gasteiger partial charge on any atom is -0.345 e. The van der Waals surface area contributed by atoms with Gasteiger partial charge in [-0.15, -0.1) is 11.3 Å². The van der Waals surface area contributed by atoms with Gasteiger partial charge in [-0.3, -0.25) is 4.79 Å². The molecule has 0 bridgehead atoms. The average Bonchev–Trinajstić information content (AvgIpc) is 2.76. The fourth-order valence-electron chi connectivity index (χ4n) is 1.68. The van der Waals surface area contributed by atoms with Crippen molar-refractivity contribution in [2.24, 2.45) is 0 Å². The summed E-state index contributed by atoms with van der Waals surface area (Å²) in [4.78, 5) is 14.2. The predicted octanol–water partition coefficient (Wildman–Crippen LogP) is 3.69. The van der Waals surface area contributed by atoms with Crippen LogP contribution in [0.3, 0.4) is 0 Å². The Labute approximate surface area is 109 Å². The maximum absolute atomic E-state index is 13.4. The van der Waals surface area contributed by atoms with Gasteiger partial charge in [-0.2, -0.15) is 0 Å². The number of nitrogens with one attached hydrogen (secondary N) is 1. The number of carbonyl (C=O) groups is 1. The third-order valence-electron chi connectivity index (χ3n) is 2.65. The van der Waals surface area contributed by atoms with Gasteiger partial charge >= 0.3 is 0 Å². The topological polar surface area (TPSA) is 29.1 Å². The van der Waals surface area contributed by atoms with Gasteiger partial charge in [-0.05, 0) is 38.1 Å². The van der Waals surface area contributed by atoms with Crippen LogP contribution in [0.25, 0.3) is 0 Å². The molecule has 0 aliphatic carbocycles. The molecule has 0 aliphatic heterocycles. The van der Waals surface area contributed by atoms with E-state index in [4.69, 9.17) is 0 Å². The van der Waals surface area contributed by atoms with Crippen molar-refractivity contribution in [3.05, 3.63) is 57.5 Å². The van der Waals surface area contributed by atoms with E-state index in [0.717, 1.165) is 4.88 Å². The molecule has 0 saturated carbocycles. The van der Waals surface area contributed by atoms with E-state index in [1.165, 1.54) is 17.0 Å². The summed E-state index contributed by atoms with van der Waals surface area (Å²) in [6, 6.07) is 9.86. The first-order chi connectivity index (χ1) is 8.58. The van der Waals surface area contributed by atoms with Crippen molar-refractivity contribution >= 4 is 17.2 Å². The molecule has 1 unspecified atom stereocenters. The molecule has 2 aromatic rings. The number of amides is 1. The lowest BCUT2D eigenvalue weighted by Gasteiger charge is -2.12. The summed E-state index contributed by atoms with van der Waals surface area (Å²) in [6.07, 6.45) is 0. The second-order valence-corrected chi connectivity index (χ2v) is 5.44. The summed E-state index contributed by atoms with van der Waals surface area (Å²) in [5.74, 6) is -0.879. The largest absolute Gasteiger partial charge is 0.345 e. The van der Waals surface area contributed by atoms with Crippen molar-refractivity contribution in [3.8, 4) is 0 Å². The van der Waals surface area contributed by atoms with Gasteiger partial charge in [0.2, 0.25) is 0 Å². The predicted molar refractivity (Wildman–Crippen MR) is 71.3 cm³/mol. The second-order valence-electron chi connectivity index (χ2n) is 4.12. The van der Waals surface area contributed by atoms with Gasteiger partial charge in [-0.25, -0.2) is 4.39 Å². The highest BCUT2D eigenvalue weighted by Gasteiger charge is 2.15. The quantitative estimate of drug-likeness (QED) is 0.899. The minimum atomic E-state index is -0.496. The maximum atomic E-state index is 13.4. The van der Waals surface area contributed by atoms with Crippen LogP contribution in [0.1, 0.15) is 33.1 Å². The molecule has 0 spiro atoms. The molecule has 0 aliphatic rings. The maximum Gasteiger partial charge on any atom is 0.254 e. The Bertz CT molecular complexity index is 564. The molecule has 1 aromatic heterocycles. The average molecular weight is 263 g/mol. The highest BCUT2D eigenvalue weighted by Crippen LogP contribution is 2.22. The SMILES string of the molecule is Cc1ccc(C(C)NC(=O)c2ccccc2F)s1. The summed E-state index contributed by atoms with van der Waals surface area (Å²) in [6.45, 7) is 3.91. The monoisotopic (exact) mass is 263 g/mol. The number of benzene rings is 1. The van der Waals surface area contributed by atoms with Crippen molar-refractivity contribution in [1.82, 2.24) is 5.32 Å². The van der Waals surface area contributed by atoms with Crippen LogP contribution in [-0.2, 0) is 0 Å². The molecule has 1 heterocycles. The summed E-state index contributed by atoms with van der Waals surface area (Å²) in [7, 11) is 0. The van der Waals surface area contributed by atoms with Gasteiger partial charge in [0, 0.05) is 9.75 Å². The number of aryl methyl sites for hydroxylation is 1. The molecule has 1 atom stereocenters. The molecule has 2 nitrogen and oxygen atoms in total. The highest BCUT2D eigenvalue weighted by atomic mass is 32.1. The van der Waals surface area contributed by atoms with Crippen LogP contribution < -0.4 is 5.32 Å². The first kappa shape index (κ1) is 12.8. The molecule has 0 fully saturated rings. The number of thiophene rings is 1. The van der Waals surface area contributed by atoms with Gasteiger partial charge in [-0.1, -0.05) is 12.1 Å². The Morgan fingerprint density at radius 3 is 2.61 bits per heavy atom. The van der Waals surface area contributed by atoms with Gasteiger partial charge < -0.3 is 5.32 Å². The van der Waals surface area contributed by atoms with Crippen molar-refractivity contribution in [2.45, 2.75) is 19.9 Å². The van der Waals surface area contributed by atoms with Crippen molar-refractivity contribution in [2.75, 3.05) is 0 Å². The van der Waals surface area contributed by atoms with Crippen LogP contribution in [0, 0.1) is 12.7 Å². The zero-order chi connectivity index (χ0) is 13.1. The van der Waals surface area contributed by atoms with E-state index in [1.54, 1.807) is 23.5 Å². The van der Waals surface area contributed by atoms with E-state index in [-0.39, 0.29) is 17.5 Å². The van der Waals surface area contributed by atoms with E-state index < -0.39 is 5.82 Å². The molecule has 2 rings (SSSR count). The van der Waals surface area contributed by atoms with Crippen LogP contribution in [0.15, 0.2) is 36.4 Å². The van der Waals surface area contributed by atoms with Crippen LogP contribution in [0.5, 0.6) is 0 Å². The molecule has 1 amide bonds. The Kier molecular flexibility index (Phi) is 3.77. The molecule has 18 heavy (non-hydrogen) atoms. The third-order valence-corrected chi connectivity index (χ3v) is 3.84. The van der Waals surface area contributed by atoms with Gasteiger partial charge in [0.05, 0.1) is 11.6 Å². The Morgan fingerprint density at radius 1 is 1.28 bits per heavy atom. The highest BCUT2D eigenvalue weighted by molar-refractivity contribution is 7.12. The van der Waals surface area contributed by atoms with Gasteiger partial charge in [0.25, 0.3) is 5.91 Å². The smallest absolute Gasteiger partial charge is 0.254 e. The lowest BCUT2D eigenvalue weighted by molar-refractivity contribution is 0.0936. The normalized spacial score (nSPS) is 12.2. The molecule has 94 valence electrons. The van der Waals surface area contributed by atoms with Crippen LogP contribution >= 0.6 is 11.3 Å². The van der Waals surface area contributed by atoms with Crippen LogP contribution in [0.2, 0.25) is 0 Å². The molecule has 1 aromatic carbocycles. The minimum absolute atomic E-state index is 0.0811. The summed E-state index contributed by atoms with van der Waals surface area (Å²) in [5, 5.41) is 2.80. The Morgan fingerprint density at radius 2 is 2.00 bits per heavy atom. The molecule has 0 radical (unpaired) electrons. The second kappa shape index (κ2) is 5.31. The number of hydrogen-bond acceptors (Lipinski definition) is 2. The van der Waals surface area contributed by atoms with Crippen LogP contribution in [0.4, 0.5) is 4.39 Å². The number of halogens is 1. The molecule has 0 saturated heterocycles. The zero-order valence-electron chi connectivity index (χ0n) is 10.2. The fourth-order valence-corrected chi connectivity index (χ4v) is 2.56. The fraction of sp³-hybridized carbons (Fsp3) is 0.214. The third kappa shape index (κ3) is 2.76. The summed E-state index contributed by atoms with van der Waals surface area (Å²) in [5.41, 5.74) is 0.0811. The van der Waals surface area contributed by atoms with E-state index in [0.29, 0.717) is 0 Å². The molecule has 4 heteroatoms. The molecular formula is C14H14FNOS. The lowest BCUT2D eigenvalue weighted by atomic mass is 10.2. The lowest BCUT2D eigenvalue weighted by Crippen LogP contribution is -2.26. The van der Waals surface area contributed by atoms with E-state index in [1.807, 2.05) is 26.0 Å². The molecular weight excluding hydrogens is 249 g/mol. The summed E-state index contributed by atoms with van der Waals surface area (Å²) >= 11 is 1.63. The number of carbonyl (C=O) groups excluding carboxylic acids is 1. The molecule has 1 N–H and O–H groups in total. The first-order valence-electron chi connectivity index (χ1n) is 5.69. The Balaban J connectivity index is 2.10. The Hall–Kier alpha value is -1.68. The van der Waals surface area contributed by atoms with Crippen molar-refractivity contribution in [1.29, 1.82) is 0 Å². The van der Waals surface area contributed by atoms with E-state index in [9.17, 15) is 9.18 Å². The zero-order valence-corrected chi connectivity index (χ0v) is 11.1. The number of rotatable bonds is 3. The van der Waals surface area contributed by atoms with E-state index >= 15 is 0 Å². The van der Waals surface area contributed by atoms with Crippen molar-refractivity contribution in [3.63, 3.8) is 0 Å². The number of hydrogen-bond donors (Lipinski definition) is 1. The van der Waals surface area contributed by atoms with Gasteiger partial charge in [0.15, 0.2) is 0 Å². The summed E-state index contributed by atoms with van der Waals surface area (Å²) < 4.78 is 13.4.